The van der Waals surface area contributed by atoms with E-state index in [2.05, 4.69) is 0 Å². The third-order valence-electron chi connectivity index (χ3n) is 3.60. The number of nitrogens with zero attached hydrogens (tertiary/aromatic N) is 1. The van der Waals surface area contributed by atoms with Crippen molar-refractivity contribution in [2.45, 2.75) is 6.42 Å². The van der Waals surface area contributed by atoms with Crippen LogP contribution in [0.25, 0.3) is 11.1 Å². The summed E-state index contributed by atoms with van der Waals surface area (Å²) in [7, 11) is 0. The summed E-state index contributed by atoms with van der Waals surface area (Å²) in [5.41, 5.74) is 3.60. The quantitative estimate of drug-likeness (QED) is 0.531. The smallest absolute Gasteiger partial charge is 0.315 e. The molecule has 0 N–H and O–H groups in total. The summed E-state index contributed by atoms with van der Waals surface area (Å²) in [5.74, 6) is 0.0394. The summed E-state index contributed by atoms with van der Waals surface area (Å²) in [6.07, 6.45) is 0.186. The third-order valence-corrected chi connectivity index (χ3v) is 3.60. The van der Waals surface area contributed by atoms with Crippen LogP contribution in [0, 0.1) is 11.3 Å². The largest absolute Gasteiger partial charge is 0.426 e. The summed E-state index contributed by atoms with van der Waals surface area (Å²) in [6, 6.07) is 26.5. The summed E-state index contributed by atoms with van der Waals surface area (Å²) >= 11 is 0. The summed E-state index contributed by atoms with van der Waals surface area (Å²) < 4.78 is 5.29. The predicted octanol–water partition coefficient (Wildman–Crippen LogP) is 4.37. The molecular weight excluding hydrogens is 298 g/mol. The molecule has 3 rings (SSSR count). The number of benzene rings is 3. The van der Waals surface area contributed by atoms with E-state index in [9.17, 15) is 4.79 Å². The van der Waals surface area contributed by atoms with Gasteiger partial charge in [0.1, 0.15) is 5.75 Å². The van der Waals surface area contributed by atoms with Gasteiger partial charge in [-0.05, 0) is 34.9 Å². The van der Waals surface area contributed by atoms with Crippen molar-refractivity contribution in [2.75, 3.05) is 0 Å². The average molecular weight is 313 g/mol. The van der Waals surface area contributed by atoms with E-state index in [1.54, 1.807) is 24.3 Å². The summed E-state index contributed by atoms with van der Waals surface area (Å²) in [5, 5.41) is 8.86. The molecule has 0 saturated heterocycles. The Kier molecular flexibility index (Phi) is 4.69. The van der Waals surface area contributed by atoms with Crippen LogP contribution in [0.1, 0.15) is 11.1 Å². The Bertz CT molecular complexity index is 878. The molecule has 116 valence electrons. The van der Waals surface area contributed by atoms with Crippen LogP contribution in [0.3, 0.4) is 0 Å². The van der Waals surface area contributed by atoms with Crippen molar-refractivity contribution >= 4 is 5.97 Å². The van der Waals surface area contributed by atoms with Crippen LogP contribution in [-0.4, -0.2) is 5.97 Å². The first-order valence-corrected chi connectivity index (χ1v) is 7.60. The standard InChI is InChI=1S/C21H15NO2/c22-15-17-5-4-8-20(13-17)24-21(23)14-16-9-11-19(12-10-16)18-6-2-1-3-7-18/h1-13H,14H2. The van der Waals surface area contributed by atoms with Gasteiger partial charge in [-0.25, -0.2) is 0 Å². The van der Waals surface area contributed by atoms with Gasteiger partial charge < -0.3 is 4.74 Å². The number of hydrogen-bond donors (Lipinski definition) is 0. The molecule has 0 unspecified atom stereocenters. The van der Waals surface area contributed by atoms with Gasteiger partial charge in [0.05, 0.1) is 18.1 Å². The highest BCUT2D eigenvalue weighted by atomic mass is 16.5. The number of rotatable bonds is 4. The Morgan fingerprint density at radius 3 is 2.29 bits per heavy atom. The molecule has 0 radical (unpaired) electrons. The van der Waals surface area contributed by atoms with Crippen molar-refractivity contribution in [1.82, 2.24) is 0 Å². The zero-order chi connectivity index (χ0) is 16.8. The molecule has 3 aromatic rings. The molecule has 0 atom stereocenters. The minimum absolute atomic E-state index is 0.186. The lowest BCUT2D eigenvalue weighted by Gasteiger charge is -2.06. The number of hydrogen-bond acceptors (Lipinski definition) is 3. The van der Waals surface area contributed by atoms with E-state index in [0.717, 1.165) is 16.7 Å². The van der Waals surface area contributed by atoms with Crippen LogP contribution in [0.4, 0.5) is 0 Å². The van der Waals surface area contributed by atoms with Gasteiger partial charge in [0.2, 0.25) is 0 Å². The molecule has 3 heteroatoms. The van der Waals surface area contributed by atoms with Crippen LogP contribution < -0.4 is 4.74 Å². The first kappa shape index (κ1) is 15.5. The van der Waals surface area contributed by atoms with Crippen molar-refractivity contribution in [1.29, 1.82) is 5.26 Å². The lowest BCUT2D eigenvalue weighted by molar-refractivity contribution is -0.133. The molecular formula is C21H15NO2. The second-order valence-electron chi connectivity index (χ2n) is 5.35. The molecule has 0 spiro atoms. The topological polar surface area (TPSA) is 50.1 Å². The highest BCUT2D eigenvalue weighted by Gasteiger charge is 2.07. The van der Waals surface area contributed by atoms with E-state index in [-0.39, 0.29) is 12.4 Å². The fourth-order valence-electron chi connectivity index (χ4n) is 2.41. The zero-order valence-electron chi connectivity index (χ0n) is 13.0. The van der Waals surface area contributed by atoms with Crippen LogP contribution in [0.15, 0.2) is 78.9 Å². The fraction of sp³-hybridized carbons (Fsp3) is 0.0476. The predicted molar refractivity (Wildman–Crippen MR) is 92.4 cm³/mol. The summed E-state index contributed by atoms with van der Waals surface area (Å²) in [4.78, 5) is 12.0. The first-order chi connectivity index (χ1) is 11.7. The summed E-state index contributed by atoms with van der Waals surface area (Å²) in [6.45, 7) is 0. The second-order valence-corrected chi connectivity index (χ2v) is 5.35. The van der Waals surface area contributed by atoms with E-state index in [0.29, 0.717) is 11.3 Å². The third kappa shape index (κ3) is 3.88. The number of nitriles is 1. The first-order valence-electron chi connectivity index (χ1n) is 7.60. The lowest BCUT2D eigenvalue weighted by Crippen LogP contribution is -2.11. The molecule has 24 heavy (non-hydrogen) atoms. The van der Waals surface area contributed by atoms with Crippen LogP contribution >= 0.6 is 0 Å². The molecule has 0 aliphatic rings. The monoisotopic (exact) mass is 313 g/mol. The van der Waals surface area contributed by atoms with Crippen molar-refractivity contribution in [2.24, 2.45) is 0 Å². The molecule has 0 fully saturated rings. The molecule has 0 aliphatic heterocycles. The highest BCUT2D eigenvalue weighted by Crippen LogP contribution is 2.20. The maximum atomic E-state index is 12.0. The van der Waals surface area contributed by atoms with Gasteiger partial charge in [-0.15, -0.1) is 0 Å². The van der Waals surface area contributed by atoms with Gasteiger partial charge >= 0.3 is 5.97 Å². The minimum Gasteiger partial charge on any atom is -0.426 e. The van der Waals surface area contributed by atoms with Gasteiger partial charge in [-0.1, -0.05) is 60.7 Å². The van der Waals surface area contributed by atoms with Gasteiger partial charge in [0.15, 0.2) is 0 Å². The van der Waals surface area contributed by atoms with Crippen molar-refractivity contribution in [3.05, 3.63) is 90.0 Å². The van der Waals surface area contributed by atoms with Crippen LogP contribution in [-0.2, 0) is 11.2 Å². The van der Waals surface area contributed by atoms with Gasteiger partial charge in [-0.2, -0.15) is 5.26 Å². The highest BCUT2D eigenvalue weighted by molar-refractivity contribution is 5.75. The van der Waals surface area contributed by atoms with Crippen LogP contribution in [0.2, 0.25) is 0 Å². The zero-order valence-corrected chi connectivity index (χ0v) is 13.0. The molecule has 0 aromatic heterocycles. The van der Waals surface area contributed by atoms with E-state index < -0.39 is 0 Å². The Hall–Kier alpha value is -3.38. The maximum Gasteiger partial charge on any atom is 0.315 e. The van der Waals surface area contributed by atoms with Gasteiger partial charge in [0.25, 0.3) is 0 Å². The van der Waals surface area contributed by atoms with Gasteiger partial charge in [-0.3, -0.25) is 4.79 Å². The Morgan fingerprint density at radius 2 is 1.58 bits per heavy atom. The van der Waals surface area contributed by atoms with Gasteiger partial charge in [0, 0.05) is 0 Å². The van der Waals surface area contributed by atoms with E-state index in [4.69, 9.17) is 10.00 Å². The van der Waals surface area contributed by atoms with E-state index in [1.807, 2.05) is 60.7 Å². The molecule has 0 bridgehead atoms. The number of carbonyl (C=O) groups is 1. The molecule has 0 amide bonds. The van der Waals surface area contributed by atoms with Crippen molar-refractivity contribution < 1.29 is 9.53 Å². The normalized spacial score (nSPS) is 9.96. The Morgan fingerprint density at radius 1 is 0.875 bits per heavy atom. The average Bonchev–Trinajstić information content (AvgIpc) is 2.63. The molecule has 0 heterocycles. The van der Waals surface area contributed by atoms with Crippen molar-refractivity contribution in [3.63, 3.8) is 0 Å². The van der Waals surface area contributed by atoms with E-state index >= 15 is 0 Å². The molecule has 3 aromatic carbocycles. The molecule has 0 saturated carbocycles. The van der Waals surface area contributed by atoms with Crippen LogP contribution in [0.5, 0.6) is 5.75 Å². The molecule has 3 nitrogen and oxygen atoms in total. The molecule has 0 aliphatic carbocycles. The minimum atomic E-state index is -0.349. The number of ether oxygens (including phenoxy) is 1. The lowest BCUT2D eigenvalue weighted by atomic mass is 10.0. The number of carbonyl (C=O) groups excluding carboxylic acids is 1. The van der Waals surface area contributed by atoms with E-state index in [1.165, 1.54) is 0 Å². The number of esters is 1. The van der Waals surface area contributed by atoms with Crippen molar-refractivity contribution in [3.8, 4) is 22.9 Å². The maximum absolute atomic E-state index is 12.0. The Balaban J connectivity index is 1.65. The Labute approximate surface area is 140 Å². The fourth-order valence-corrected chi connectivity index (χ4v) is 2.41. The SMILES string of the molecule is N#Cc1cccc(OC(=O)Cc2ccc(-c3ccccc3)cc2)c1. The second kappa shape index (κ2) is 7.26.